The minimum atomic E-state index is -0.649. The minimum absolute atomic E-state index is 0. The predicted molar refractivity (Wildman–Crippen MR) is 107 cm³/mol. The van der Waals surface area contributed by atoms with Gasteiger partial charge in [0.05, 0.1) is 0 Å². The third-order valence-electron chi connectivity index (χ3n) is 3.56. The molecule has 0 fully saturated rings. The first kappa shape index (κ1) is 29.1. The summed E-state index contributed by atoms with van der Waals surface area (Å²) in [7, 11) is 0. The zero-order chi connectivity index (χ0) is 23.9. The average molecular weight is 625 g/mol. The molecule has 0 unspecified atom stereocenters. The van der Waals surface area contributed by atoms with E-state index in [1.165, 1.54) is 0 Å². The van der Waals surface area contributed by atoms with Crippen LogP contribution in [0.15, 0.2) is 73.1 Å². The maximum absolute atomic E-state index is 13.2. The molecule has 0 atom stereocenters. The summed E-state index contributed by atoms with van der Waals surface area (Å²) in [6, 6.07) is 19.1. The molecule has 0 bridgehead atoms. The summed E-state index contributed by atoms with van der Waals surface area (Å²) < 4.78 is 51.6. The molecule has 0 spiro atoms. The van der Waals surface area contributed by atoms with Crippen LogP contribution in [0.25, 0.3) is 22.5 Å². The number of hydrogen-bond acceptors (Lipinski definition) is 4. The summed E-state index contributed by atoms with van der Waals surface area (Å²) in [5.41, 5.74) is 1.27. The van der Waals surface area contributed by atoms with Crippen LogP contribution < -0.4 is 0 Å². The second kappa shape index (κ2) is 15.8. The Kier molecular flexibility index (Phi) is 14.0. The van der Waals surface area contributed by atoms with E-state index >= 15 is 0 Å². The largest absolute Gasteiger partial charge is 0.512 e. The van der Waals surface area contributed by atoms with Crippen molar-refractivity contribution in [2.75, 3.05) is 0 Å². The zero-order valence-electron chi connectivity index (χ0n) is 16.6. The fourth-order valence-corrected chi connectivity index (χ4v) is 2.30. The van der Waals surface area contributed by atoms with Gasteiger partial charge in [-0.1, -0.05) is 47.5 Å². The van der Waals surface area contributed by atoms with Crippen LogP contribution in [0, 0.1) is 59.1 Å². The molecule has 0 aliphatic carbocycles. The molecule has 1 radical (unpaired) electrons. The van der Waals surface area contributed by atoms with Gasteiger partial charge in [0.15, 0.2) is 0 Å². The van der Waals surface area contributed by atoms with Crippen molar-refractivity contribution in [3.63, 3.8) is 0 Å². The van der Waals surface area contributed by atoms with E-state index in [2.05, 4.69) is 22.1 Å². The van der Waals surface area contributed by atoms with E-state index < -0.39 is 23.3 Å². The molecule has 33 heavy (non-hydrogen) atoms. The predicted octanol–water partition coefficient (Wildman–Crippen LogP) is 5.84. The monoisotopic (exact) mass is 625 g/mol. The minimum Gasteiger partial charge on any atom is -0.512 e. The summed E-state index contributed by atoms with van der Waals surface area (Å²) in [4.78, 5) is 7.89. The van der Waals surface area contributed by atoms with Crippen LogP contribution in [0.4, 0.5) is 17.6 Å². The topological polar surface area (TPSA) is 73.4 Å². The Hall–Kier alpha value is -3.91. The fourth-order valence-electron chi connectivity index (χ4n) is 2.30. The number of nitrogens with zero attached hydrogens (tertiary/aromatic N) is 4. The molecule has 4 nitrogen and oxygen atoms in total. The van der Waals surface area contributed by atoms with Crippen molar-refractivity contribution < 1.29 is 37.7 Å². The van der Waals surface area contributed by atoms with Crippen LogP contribution >= 0.6 is 0 Å². The zero-order valence-corrected chi connectivity index (χ0v) is 19.0. The molecule has 0 aliphatic heterocycles. The van der Waals surface area contributed by atoms with Gasteiger partial charge in [-0.25, -0.2) is 0 Å². The number of hydrogen-bond donors (Lipinski definition) is 0. The summed E-state index contributed by atoms with van der Waals surface area (Å²) in [5.74, 6) is -2.57. The van der Waals surface area contributed by atoms with Crippen molar-refractivity contribution in [1.82, 2.24) is 9.97 Å². The Labute approximate surface area is 202 Å². The van der Waals surface area contributed by atoms with Crippen LogP contribution in [0.3, 0.4) is 0 Å². The SMILES string of the molecule is Fc1c[c-]c(-c2ccccn2)c(F)c1.Fc1c[c-]c(-c2ccccn2)c(F)c1.[C-]#N.[C-]#N.[Ir]. The van der Waals surface area contributed by atoms with Crippen molar-refractivity contribution >= 4 is 0 Å². The van der Waals surface area contributed by atoms with Crippen molar-refractivity contribution in [2.45, 2.75) is 0 Å². The molecule has 2 aromatic heterocycles. The molecule has 169 valence electrons. The normalized spacial score (nSPS) is 8.73. The molecule has 0 N–H and O–H groups in total. The van der Waals surface area contributed by atoms with E-state index in [0.717, 1.165) is 24.3 Å². The number of aromatic nitrogens is 2. The molecule has 0 saturated carbocycles. The first-order chi connectivity index (χ1) is 15.5. The van der Waals surface area contributed by atoms with E-state index in [1.54, 1.807) is 48.8 Å². The Morgan fingerprint density at radius 1 is 0.636 bits per heavy atom. The van der Waals surface area contributed by atoms with Gasteiger partial charge in [0.25, 0.3) is 0 Å². The standard InChI is InChI=1S/2C11H6F2N.2CN.Ir/c2*12-8-4-5-9(10(13)7-8)11-3-1-2-6-14-11;2*1-2;/h2*1-4,6-7H;;;/q4*-1;. The first-order valence-electron chi connectivity index (χ1n) is 8.55. The second-order valence-corrected chi connectivity index (χ2v) is 5.51. The molecule has 0 saturated heterocycles. The molecular formula is C24H12F4IrN4-4. The van der Waals surface area contributed by atoms with Gasteiger partial charge in [0.2, 0.25) is 0 Å². The number of benzene rings is 2. The Morgan fingerprint density at radius 2 is 1.00 bits per heavy atom. The second-order valence-electron chi connectivity index (χ2n) is 5.51. The van der Waals surface area contributed by atoms with Crippen LogP contribution in [0.2, 0.25) is 0 Å². The van der Waals surface area contributed by atoms with Crippen LogP contribution in [-0.2, 0) is 20.1 Å². The fraction of sp³-hybridized carbons (Fsp3) is 0. The summed E-state index contributed by atoms with van der Waals surface area (Å²) >= 11 is 0. The van der Waals surface area contributed by atoms with E-state index in [1.807, 2.05) is 0 Å². The molecule has 9 heteroatoms. The molecule has 2 heterocycles. The Morgan fingerprint density at radius 3 is 1.27 bits per heavy atom. The van der Waals surface area contributed by atoms with Gasteiger partial charge in [0.1, 0.15) is 0 Å². The third kappa shape index (κ3) is 9.00. The van der Waals surface area contributed by atoms with Gasteiger partial charge in [-0.3, -0.25) is 17.6 Å². The van der Waals surface area contributed by atoms with Crippen LogP contribution in [0.1, 0.15) is 0 Å². The third-order valence-corrected chi connectivity index (χ3v) is 3.56. The number of pyridine rings is 2. The van der Waals surface area contributed by atoms with Gasteiger partial charge >= 0.3 is 0 Å². The molecule has 2 aromatic carbocycles. The maximum atomic E-state index is 13.2. The number of halogens is 4. The summed E-state index contributed by atoms with van der Waals surface area (Å²) in [5, 5.41) is 12.5. The number of rotatable bonds is 2. The Bertz CT molecular complexity index is 1060. The van der Waals surface area contributed by atoms with E-state index in [9.17, 15) is 17.6 Å². The maximum Gasteiger partial charge on any atom is 0.0408 e. The summed E-state index contributed by atoms with van der Waals surface area (Å²) in [6.07, 6.45) is 3.10. The summed E-state index contributed by atoms with van der Waals surface area (Å²) in [6.45, 7) is 9.50. The van der Waals surface area contributed by atoms with E-state index in [0.29, 0.717) is 11.4 Å². The van der Waals surface area contributed by atoms with Gasteiger partial charge in [-0.2, -0.15) is 0 Å². The van der Waals surface area contributed by atoms with Crippen molar-refractivity contribution in [1.29, 1.82) is 10.5 Å². The molecule has 4 rings (SSSR count). The van der Waals surface area contributed by atoms with Gasteiger partial charge in [-0.15, -0.1) is 24.3 Å². The van der Waals surface area contributed by atoms with Crippen molar-refractivity contribution in [3.05, 3.63) is 122 Å². The molecule has 0 amide bonds. The quantitative estimate of drug-likeness (QED) is 0.208. The van der Waals surface area contributed by atoms with Gasteiger partial charge in [0, 0.05) is 55.8 Å². The average Bonchev–Trinajstić information content (AvgIpc) is 2.83. The molecular weight excluding hydrogens is 613 g/mol. The van der Waals surface area contributed by atoms with Crippen molar-refractivity contribution in [2.24, 2.45) is 0 Å². The van der Waals surface area contributed by atoms with Crippen LogP contribution in [0.5, 0.6) is 0 Å². The first-order valence-corrected chi connectivity index (χ1v) is 8.55. The van der Waals surface area contributed by atoms with E-state index in [4.69, 9.17) is 23.7 Å². The molecule has 0 aliphatic rings. The van der Waals surface area contributed by atoms with Gasteiger partial charge in [-0.05, 0) is 23.5 Å². The van der Waals surface area contributed by atoms with Gasteiger partial charge < -0.3 is 33.6 Å². The molecule has 4 aromatic rings. The van der Waals surface area contributed by atoms with Crippen molar-refractivity contribution in [3.8, 4) is 22.5 Å². The Balaban J connectivity index is 0.000000526. The smallest absolute Gasteiger partial charge is 0.0408 e. The van der Waals surface area contributed by atoms with Crippen LogP contribution in [-0.4, -0.2) is 9.97 Å². The van der Waals surface area contributed by atoms with E-state index in [-0.39, 0.29) is 31.2 Å².